The number of aromatic nitrogens is 6. The first-order valence-corrected chi connectivity index (χ1v) is 15.1. The van der Waals surface area contributed by atoms with Gasteiger partial charge in [0.25, 0.3) is 0 Å². The van der Waals surface area contributed by atoms with E-state index >= 15 is 0 Å². The van der Waals surface area contributed by atoms with Gasteiger partial charge in [0.05, 0.1) is 12.4 Å². The number of nitrogens with one attached hydrogen (secondary N) is 4. The fraction of sp³-hybridized carbons (Fsp3) is 0.250. The SMILES string of the molecule is Fc1ccc2cc1-c1cnn3ccc(nc13)NCCNCCO2.Fc1ccc2cc1OCCNCCNc1ccn3ncc-2c3n1. The zero-order valence-corrected chi connectivity index (χ0v) is 24.8. The highest BCUT2D eigenvalue weighted by Crippen LogP contribution is 2.31. The maximum Gasteiger partial charge on any atom is 0.165 e. The van der Waals surface area contributed by atoms with Crippen molar-refractivity contribution in [2.75, 3.05) is 63.1 Å². The van der Waals surface area contributed by atoms with Crippen LogP contribution < -0.4 is 30.7 Å². The largest absolute Gasteiger partial charge is 0.492 e. The molecule has 6 aromatic rings. The Morgan fingerprint density at radius 2 is 1.24 bits per heavy atom. The molecule has 46 heavy (non-hydrogen) atoms. The van der Waals surface area contributed by atoms with Gasteiger partial charge in [-0.1, -0.05) is 6.07 Å². The molecule has 2 aliphatic rings. The van der Waals surface area contributed by atoms with Gasteiger partial charge in [-0.15, -0.1) is 0 Å². The molecule has 0 atom stereocenters. The Labute approximate surface area is 262 Å². The van der Waals surface area contributed by atoms with Gasteiger partial charge in [0.1, 0.15) is 36.4 Å². The Kier molecular flexibility index (Phi) is 8.52. The Bertz CT molecular complexity index is 1980. The Morgan fingerprint density at radius 3 is 1.96 bits per heavy atom. The predicted molar refractivity (Wildman–Crippen MR) is 170 cm³/mol. The van der Waals surface area contributed by atoms with Gasteiger partial charge in [-0.3, -0.25) is 0 Å². The van der Waals surface area contributed by atoms with Crippen molar-refractivity contribution in [1.29, 1.82) is 0 Å². The van der Waals surface area contributed by atoms with Crippen LogP contribution in [0.4, 0.5) is 20.4 Å². The Morgan fingerprint density at radius 1 is 0.609 bits per heavy atom. The molecule has 0 radical (unpaired) electrons. The topological polar surface area (TPSA) is 127 Å². The van der Waals surface area contributed by atoms with Crippen LogP contribution in [0.5, 0.6) is 11.5 Å². The van der Waals surface area contributed by atoms with Crippen LogP contribution in [0.3, 0.4) is 0 Å². The van der Waals surface area contributed by atoms with Crippen LogP contribution in [0.15, 0.2) is 73.3 Å². The van der Waals surface area contributed by atoms with E-state index in [2.05, 4.69) is 41.4 Å². The summed E-state index contributed by atoms with van der Waals surface area (Å²) in [6.45, 7) is 5.36. The van der Waals surface area contributed by atoms with E-state index < -0.39 is 0 Å². The lowest BCUT2D eigenvalue weighted by molar-refractivity contribution is 0.300. The van der Waals surface area contributed by atoms with Crippen molar-refractivity contribution in [2.45, 2.75) is 0 Å². The van der Waals surface area contributed by atoms with Crippen LogP contribution in [0.2, 0.25) is 0 Å². The van der Waals surface area contributed by atoms with E-state index in [9.17, 15) is 8.78 Å². The lowest BCUT2D eigenvalue weighted by atomic mass is 10.1. The first-order valence-electron chi connectivity index (χ1n) is 15.1. The fourth-order valence-corrected chi connectivity index (χ4v) is 5.19. The second-order valence-corrected chi connectivity index (χ2v) is 10.6. The van der Waals surface area contributed by atoms with E-state index in [0.717, 1.165) is 61.1 Å². The van der Waals surface area contributed by atoms with Crippen molar-refractivity contribution in [2.24, 2.45) is 0 Å². The molecule has 0 fully saturated rings. The quantitative estimate of drug-likeness (QED) is 0.198. The number of anilines is 2. The van der Waals surface area contributed by atoms with Gasteiger partial charge in [-0.05, 0) is 48.0 Å². The van der Waals surface area contributed by atoms with Crippen LogP contribution in [0.1, 0.15) is 0 Å². The van der Waals surface area contributed by atoms with Crippen molar-refractivity contribution in [3.05, 3.63) is 85.0 Å². The summed E-state index contributed by atoms with van der Waals surface area (Å²) in [5.74, 6) is 1.72. The summed E-state index contributed by atoms with van der Waals surface area (Å²) in [4.78, 5) is 9.16. The summed E-state index contributed by atoms with van der Waals surface area (Å²) in [7, 11) is 0. The van der Waals surface area contributed by atoms with Crippen molar-refractivity contribution in [1.82, 2.24) is 39.8 Å². The minimum absolute atomic E-state index is 0.245. The van der Waals surface area contributed by atoms with Gasteiger partial charge in [0.15, 0.2) is 22.9 Å². The average molecular weight is 627 g/mol. The Hall–Kier alpha value is -5.34. The van der Waals surface area contributed by atoms with Gasteiger partial charge in [0.2, 0.25) is 0 Å². The number of rotatable bonds is 0. The fourth-order valence-electron chi connectivity index (χ4n) is 5.19. The van der Waals surface area contributed by atoms with E-state index in [1.54, 1.807) is 45.7 Å². The molecule has 0 amide bonds. The summed E-state index contributed by atoms with van der Waals surface area (Å²) in [6, 6.07) is 13.3. The third kappa shape index (κ3) is 6.39. The summed E-state index contributed by atoms with van der Waals surface area (Å²) in [5, 5.41) is 21.6. The van der Waals surface area contributed by atoms with Gasteiger partial charge in [0, 0.05) is 68.4 Å². The van der Waals surface area contributed by atoms with Crippen LogP contribution in [0, 0.1) is 11.6 Å². The molecule has 0 saturated carbocycles. The molecular formula is C32H32F2N10O2. The minimum atomic E-state index is -0.368. The lowest BCUT2D eigenvalue weighted by Gasteiger charge is -2.12. The predicted octanol–water partition coefficient (Wildman–Crippen LogP) is 3.86. The van der Waals surface area contributed by atoms with Gasteiger partial charge in [-0.2, -0.15) is 10.2 Å². The number of fused-ring (bicyclic) bond motifs is 8. The van der Waals surface area contributed by atoms with Crippen molar-refractivity contribution >= 4 is 22.9 Å². The van der Waals surface area contributed by atoms with Gasteiger partial charge in [-0.25, -0.2) is 27.8 Å². The third-order valence-electron chi connectivity index (χ3n) is 7.51. The molecule has 14 heteroatoms. The molecule has 0 aliphatic carbocycles. The average Bonchev–Trinajstić information content (AvgIpc) is 3.69. The van der Waals surface area contributed by atoms with E-state index in [1.807, 2.05) is 24.5 Å². The minimum Gasteiger partial charge on any atom is -0.492 e. The summed E-state index contributed by atoms with van der Waals surface area (Å²) < 4.78 is 42.8. The summed E-state index contributed by atoms with van der Waals surface area (Å²) in [6.07, 6.45) is 7.03. The number of hydrogen-bond donors (Lipinski definition) is 4. The van der Waals surface area contributed by atoms with Crippen LogP contribution in [-0.4, -0.2) is 81.7 Å². The molecule has 12 nitrogen and oxygen atoms in total. The van der Waals surface area contributed by atoms with Crippen molar-refractivity contribution < 1.29 is 18.3 Å². The normalized spacial score (nSPS) is 15.0. The first kappa shape index (κ1) is 29.4. The maximum absolute atomic E-state index is 14.3. The smallest absolute Gasteiger partial charge is 0.165 e. The van der Waals surface area contributed by atoms with Gasteiger partial charge >= 0.3 is 0 Å². The van der Waals surface area contributed by atoms with E-state index in [1.165, 1.54) is 12.1 Å². The van der Waals surface area contributed by atoms with E-state index in [0.29, 0.717) is 42.3 Å². The van der Waals surface area contributed by atoms with Gasteiger partial charge < -0.3 is 30.7 Å². The monoisotopic (exact) mass is 626 g/mol. The number of ether oxygens (including phenoxy) is 2. The zero-order chi connectivity index (χ0) is 31.3. The van der Waals surface area contributed by atoms with E-state index in [4.69, 9.17) is 9.47 Å². The van der Waals surface area contributed by atoms with E-state index in [-0.39, 0.29) is 17.4 Å². The van der Waals surface area contributed by atoms with Crippen LogP contribution in [0.25, 0.3) is 33.5 Å². The number of benzene rings is 2. The number of hydrogen-bond acceptors (Lipinski definition) is 10. The molecule has 4 N–H and O–H groups in total. The first-order chi connectivity index (χ1) is 22.6. The Balaban J connectivity index is 0.000000147. The van der Waals surface area contributed by atoms with Crippen molar-refractivity contribution in [3.63, 3.8) is 0 Å². The number of nitrogens with zero attached hydrogens (tertiary/aromatic N) is 6. The zero-order valence-electron chi connectivity index (χ0n) is 24.8. The van der Waals surface area contributed by atoms with Crippen molar-refractivity contribution in [3.8, 4) is 33.8 Å². The second kappa shape index (κ2) is 13.3. The molecule has 4 aromatic heterocycles. The standard InChI is InChI=1S/2C16H16FN5O/c17-13-2-1-11-9-14(13)23-8-6-18-4-5-19-15-3-7-22-16(21-15)12(11)10-20-22;17-14-2-1-11-9-12(14)13-10-20-22-7-3-15(21-16(13)22)19-5-4-18-6-8-23-11/h2*1-3,7,9-10,18H,4-6,8H2,(H,19,21). The molecule has 236 valence electrons. The molecule has 8 bridgehead atoms. The maximum atomic E-state index is 14.3. The molecule has 0 saturated heterocycles. The summed E-state index contributed by atoms with van der Waals surface area (Å²) in [5.41, 5.74) is 4.08. The molecule has 0 spiro atoms. The highest BCUT2D eigenvalue weighted by molar-refractivity contribution is 5.79. The number of halogens is 2. The molecule has 8 rings (SSSR count). The molecule has 6 heterocycles. The highest BCUT2D eigenvalue weighted by atomic mass is 19.1. The highest BCUT2D eigenvalue weighted by Gasteiger charge is 2.15. The molecule has 0 unspecified atom stereocenters. The molecule has 2 aromatic carbocycles. The summed E-state index contributed by atoms with van der Waals surface area (Å²) >= 11 is 0. The van der Waals surface area contributed by atoms with Crippen LogP contribution in [-0.2, 0) is 0 Å². The third-order valence-corrected chi connectivity index (χ3v) is 7.51. The molecule has 2 aliphatic heterocycles. The molecular weight excluding hydrogens is 594 g/mol. The second-order valence-electron chi connectivity index (χ2n) is 10.6. The van der Waals surface area contributed by atoms with Crippen LogP contribution >= 0.6 is 0 Å². The lowest BCUT2D eigenvalue weighted by Crippen LogP contribution is -2.27.